The average Bonchev–Trinajstić information content (AvgIpc) is 3.12. The SMILES string of the molecule is Clc1ccc(C#CCN2CCN(c3ccc4nncn4n3)CC2)cc1. The Kier molecular flexibility index (Phi) is 4.51. The summed E-state index contributed by atoms with van der Waals surface area (Å²) in [6.07, 6.45) is 1.63. The molecule has 0 radical (unpaired) electrons. The molecular weight excluding hydrogens is 336 g/mol. The first kappa shape index (κ1) is 15.9. The lowest BCUT2D eigenvalue weighted by Crippen LogP contribution is -2.46. The number of piperazine rings is 1. The highest BCUT2D eigenvalue weighted by molar-refractivity contribution is 6.30. The lowest BCUT2D eigenvalue weighted by Gasteiger charge is -2.34. The van der Waals surface area contributed by atoms with Crippen LogP contribution in [0.2, 0.25) is 5.02 Å². The van der Waals surface area contributed by atoms with Crippen molar-refractivity contribution < 1.29 is 0 Å². The highest BCUT2D eigenvalue weighted by atomic mass is 35.5. The third-order valence-electron chi connectivity index (χ3n) is 4.22. The molecule has 0 saturated carbocycles. The van der Waals surface area contributed by atoms with Crippen LogP contribution in [0.3, 0.4) is 0 Å². The molecule has 7 heteroatoms. The molecule has 0 atom stereocenters. The number of anilines is 1. The van der Waals surface area contributed by atoms with Crippen molar-refractivity contribution >= 4 is 23.1 Å². The molecule has 0 amide bonds. The lowest BCUT2D eigenvalue weighted by molar-refractivity contribution is 0.287. The van der Waals surface area contributed by atoms with Gasteiger partial charge in [0.05, 0.1) is 6.54 Å². The topological polar surface area (TPSA) is 49.6 Å². The van der Waals surface area contributed by atoms with Crippen LogP contribution in [-0.4, -0.2) is 57.4 Å². The van der Waals surface area contributed by atoms with Gasteiger partial charge >= 0.3 is 0 Å². The minimum atomic E-state index is 0.736. The number of hydrogen-bond acceptors (Lipinski definition) is 5. The number of aromatic nitrogens is 4. The van der Waals surface area contributed by atoms with Crippen LogP contribution in [0.5, 0.6) is 0 Å². The molecule has 0 N–H and O–H groups in total. The molecule has 1 aliphatic rings. The van der Waals surface area contributed by atoms with Crippen LogP contribution in [0.15, 0.2) is 42.7 Å². The second kappa shape index (κ2) is 7.09. The molecule has 0 aliphatic carbocycles. The van der Waals surface area contributed by atoms with Crippen molar-refractivity contribution in [3.8, 4) is 11.8 Å². The van der Waals surface area contributed by atoms with Gasteiger partial charge in [0, 0.05) is 36.8 Å². The first-order valence-electron chi connectivity index (χ1n) is 8.17. The maximum atomic E-state index is 5.88. The number of halogens is 1. The lowest BCUT2D eigenvalue weighted by atomic mass is 10.2. The third kappa shape index (κ3) is 3.73. The minimum Gasteiger partial charge on any atom is -0.353 e. The fourth-order valence-corrected chi connectivity index (χ4v) is 2.93. The van der Waals surface area contributed by atoms with Crippen LogP contribution < -0.4 is 4.90 Å². The zero-order valence-corrected chi connectivity index (χ0v) is 14.4. The van der Waals surface area contributed by atoms with E-state index in [2.05, 4.69) is 36.9 Å². The number of fused-ring (bicyclic) bond motifs is 1. The van der Waals surface area contributed by atoms with E-state index < -0.39 is 0 Å². The molecule has 1 fully saturated rings. The van der Waals surface area contributed by atoms with Gasteiger partial charge in [0.25, 0.3) is 0 Å². The Hall–Kier alpha value is -2.62. The van der Waals surface area contributed by atoms with Gasteiger partial charge in [-0.05, 0) is 36.4 Å². The van der Waals surface area contributed by atoms with E-state index in [9.17, 15) is 0 Å². The maximum Gasteiger partial charge on any atom is 0.177 e. The second-order valence-corrected chi connectivity index (χ2v) is 6.33. The van der Waals surface area contributed by atoms with Crippen molar-refractivity contribution in [3.05, 3.63) is 53.3 Å². The molecule has 2 aromatic heterocycles. The number of rotatable bonds is 2. The molecule has 0 spiro atoms. The Labute approximate surface area is 151 Å². The molecule has 3 aromatic rings. The van der Waals surface area contributed by atoms with E-state index in [0.29, 0.717) is 0 Å². The molecule has 0 unspecified atom stereocenters. The largest absolute Gasteiger partial charge is 0.353 e. The second-order valence-electron chi connectivity index (χ2n) is 5.90. The van der Waals surface area contributed by atoms with Crippen LogP contribution in [0.4, 0.5) is 5.82 Å². The van der Waals surface area contributed by atoms with Crippen LogP contribution >= 0.6 is 11.6 Å². The first-order valence-corrected chi connectivity index (χ1v) is 8.54. The summed E-state index contributed by atoms with van der Waals surface area (Å²) < 4.78 is 1.71. The van der Waals surface area contributed by atoms with Crippen LogP contribution in [0, 0.1) is 11.8 Å². The van der Waals surface area contributed by atoms with Crippen molar-refractivity contribution in [3.63, 3.8) is 0 Å². The Morgan fingerprint density at radius 2 is 1.80 bits per heavy atom. The zero-order valence-electron chi connectivity index (χ0n) is 13.6. The molecule has 1 aliphatic heterocycles. The first-order chi connectivity index (χ1) is 12.3. The van der Waals surface area contributed by atoms with Gasteiger partial charge in [0.15, 0.2) is 5.65 Å². The normalized spacial score (nSPS) is 15.2. The van der Waals surface area contributed by atoms with Gasteiger partial charge in [-0.1, -0.05) is 23.4 Å². The number of hydrogen-bond donors (Lipinski definition) is 0. The highest BCUT2D eigenvalue weighted by Crippen LogP contribution is 2.13. The van der Waals surface area contributed by atoms with Gasteiger partial charge in [0.2, 0.25) is 0 Å². The summed E-state index contributed by atoms with van der Waals surface area (Å²) in [5.41, 5.74) is 1.76. The van der Waals surface area contributed by atoms with Crippen molar-refractivity contribution in [2.75, 3.05) is 37.6 Å². The maximum absolute atomic E-state index is 5.88. The molecule has 3 heterocycles. The molecular formula is C18H17ClN6. The van der Waals surface area contributed by atoms with Crippen molar-refractivity contribution in [1.82, 2.24) is 24.7 Å². The molecule has 126 valence electrons. The van der Waals surface area contributed by atoms with Crippen molar-refractivity contribution in [1.29, 1.82) is 0 Å². The number of nitrogens with zero attached hydrogens (tertiary/aromatic N) is 6. The number of benzene rings is 1. The Morgan fingerprint density at radius 1 is 1.00 bits per heavy atom. The summed E-state index contributed by atoms with van der Waals surface area (Å²) in [4.78, 5) is 4.64. The van der Waals surface area contributed by atoms with Crippen LogP contribution in [-0.2, 0) is 0 Å². The highest BCUT2D eigenvalue weighted by Gasteiger charge is 2.17. The third-order valence-corrected chi connectivity index (χ3v) is 4.48. The monoisotopic (exact) mass is 352 g/mol. The summed E-state index contributed by atoms with van der Waals surface area (Å²) in [7, 11) is 0. The molecule has 1 saturated heterocycles. The summed E-state index contributed by atoms with van der Waals surface area (Å²) in [6, 6.07) is 11.6. The smallest absolute Gasteiger partial charge is 0.177 e. The Balaban J connectivity index is 1.33. The van der Waals surface area contributed by atoms with E-state index in [1.807, 2.05) is 36.4 Å². The van der Waals surface area contributed by atoms with Crippen LogP contribution in [0.1, 0.15) is 5.56 Å². The van der Waals surface area contributed by atoms with Gasteiger partial charge in [-0.3, -0.25) is 4.90 Å². The summed E-state index contributed by atoms with van der Waals surface area (Å²) in [5, 5.41) is 13.1. The Bertz CT molecular complexity index is 916. The van der Waals surface area contributed by atoms with E-state index in [1.54, 1.807) is 10.8 Å². The standard InChI is InChI=1S/C18H17ClN6/c19-16-5-3-15(4-6-16)2-1-9-23-10-12-24(13-11-23)18-8-7-17-21-20-14-25(17)22-18/h3-8,14H,9-13H2. The van der Waals surface area contributed by atoms with Gasteiger partial charge in [0.1, 0.15) is 12.1 Å². The average molecular weight is 353 g/mol. The Morgan fingerprint density at radius 3 is 2.60 bits per heavy atom. The van der Waals surface area contributed by atoms with Gasteiger partial charge in [-0.25, -0.2) is 0 Å². The molecule has 0 bridgehead atoms. The summed E-state index contributed by atoms with van der Waals surface area (Å²) in [5.74, 6) is 7.39. The molecule has 25 heavy (non-hydrogen) atoms. The summed E-state index contributed by atoms with van der Waals surface area (Å²) >= 11 is 5.88. The van der Waals surface area contributed by atoms with E-state index in [4.69, 9.17) is 11.6 Å². The van der Waals surface area contributed by atoms with E-state index in [1.165, 1.54) is 0 Å². The summed E-state index contributed by atoms with van der Waals surface area (Å²) in [6.45, 7) is 4.58. The predicted molar refractivity (Wildman–Crippen MR) is 97.8 cm³/mol. The van der Waals surface area contributed by atoms with Gasteiger partial charge in [-0.15, -0.1) is 15.3 Å². The molecule has 6 nitrogen and oxygen atoms in total. The quantitative estimate of drug-likeness (QED) is 0.660. The van der Waals surface area contributed by atoms with E-state index in [0.717, 1.165) is 54.8 Å². The van der Waals surface area contributed by atoms with Crippen molar-refractivity contribution in [2.45, 2.75) is 0 Å². The zero-order chi connectivity index (χ0) is 17.1. The molecule has 1 aromatic carbocycles. The van der Waals surface area contributed by atoms with Gasteiger partial charge < -0.3 is 4.90 Å². The van der Waals surface area contributed by atoms with Crippen LogP contribution in [0.25, 0.3) is 5.65 Å². The van der Waals surface area contributed by atoms with E-state index >= 15 is 0 Å². The molecule has 4 rings (SSSR count). The van der Waals surface area contributed by atoms with Gasteiger partial charge in [-0.2, -0.15) is 4.52 Å². The minimum absolute atomic E-state index is 0.736. The van der Waals surface area contributed by atoms with E-state index in [-0.39, 0.29) is 0 Å². The fourth-order valence-electron chi connectivity index (χ4n) is 2.81. The van der Waals surface area contributed by atoms with Crippen molar-refractivity contribution in [2.24, 2.45) is 0 Å². The fraction of sp³-hybridized carbons (Fsp3) is 0.278. The predicted octanol–water partition coefficient (Wildman–Crippen LogP) is 1.95.